The molecule has 4 atom stereocenters. The minimum absolute atomic E-state index is 0.0730. The van der Waals surface area contributed by atoms with Crippen LogP contribution in [0.3, 0.4) is 0 Å². The van der Waals surface area contributed by atoms with Gasteiger partial charge in [-0.25, -0.2) is 0 Å². The largest absolute Gasteiger partial charge is 0.352 e. The van der Waals surface area contributed by atoms with Crippen molar-refractivity contribution in [1.29, 1.82) is 0 Å². The van der Waals surface area contributed by atoms with Crippen molar-refractivity contribution >= 4 is 11.8 Å². The second-order valence-electron chi connectivity index (χ2n) is 6.08. The number of carbonyl (C=O) groups is 2. The summed E-state index contributed by atoms with van der Waals surface area (Å²) in [6.07, 6.45) is 2.77. The summed E-state index contributed by atoms with van der Waals surface area (Å²) in [6.45, 7) is 7.63. The molecule has 1 fully saturated rings. The molecule has 0 aromatic carbocycles. The Hall–Kier alpha value is -1.10. The molecule has 0 spiro atoms. The molecule has 4 N–H and O–H groups in total. The van der Waals surface area contributed by atoms with Crippen molar-refractivity contribution < 1.29 is 9.59 Å². The fraction of sp³-hybridized carbons (Fsp3) is 0.857. The van der Waals surface area contributed by atoms with Crippen molar-refractivity contribution in [3.8, 4) is 0 Å². The average Bonchev–Trinajstić information content (AvgIpc) is 2.31. The minimum atomic E-state index is -0.515. The highest BCUT2D eigenvalue weighted by Gasteiger charge is 2.32. The first kappa shape index (κ1) is 16.0. The highest BCUT2D eigenvalue weighted by molar-refractivity contribution is 5.88. The maximum atomic E-state index is 12.2. The topological polar surface area (TPSA) is 84.2 Å². The van der Waals surface area contributed by atoms with Crippen LogP contribution < -0.4 is 16.4 Å². The van der Waals surface area contributed by atoms with E-state index >= 15 is 0 Å². The van der Waals surface area contributed by atoms with Crippen LogP contribution in [0.15, 0.2) is 0 Å². The van der Waals surface area contributed by atoms with Crippen LogP contribution in [0.5, 0.6) is 0 Å². The highest BCUT2D eigenvalue weighted by Crippen LogP contribution is 2.28. The van der Waals surface area contributed by atoms with E-state index in [2.05, 4.69) is 17.6 Å². The Labute approximate surface area is 115 Å². The van der Waals surface area contributed by atoms with Gasteiger partial charge in [-0.3, -0.25) is 9.59 Å². The molecular weight excluding hydrogens is 242 g/mol. The van der Waals surface area contributed by atoms with Crippen molar-refractivity contribution in [2.45, 2.75) is 65.1 Å². The molecule has 1 aliphatic rings. The molecule has 0 aliphatic heterocycles. The molecule has 1 aliphatic carbocycles. The summed E-state index contributed by atoms with van der Waals surface area (Å²) in [5, 5.41) is 5.56. The van der Waals surface area contributed by atoms with Gasteiger partial charge in [0.25, 0.3) is 0 Å². The number of carbonyl (C=O) groups excluding carboxylic acids is 2. The summed E-state index contributed by atoms with van der Waals surface area (Å²) in [7, 11) is 0. The number of hydrogen-bond acceptors (Lipinski definition) is 3. The zero-order chi connectivity index (χ0) is 14.6. The maximum Gasteiger partial charge on any atom is 0.242 e. The third-order valence-electron chi connectivity index (χ3n) is 3.69. The van der Waals surface area contributed by atoms with Crippen LogP contribution in [0.1, 0.15) is 47.0 Å². The van der Waals surface area contributed by atoms with Gasteiger partial charge in [-0.2, -0.15) is 0 Å². The predicted molar refractivity (Wildman–Crippen MR) is 75.4 cm³/mol. The van der Waals surface area contributed by atoms with Crippen molar-refractivity contribution in [2.24, 2.45) is 17.6 Å². The van der Waals surface area contributed by atoms with Crippen LogP contribution >= 0.6 is 0 Å². The van der Waals surface area contributed by atoms with Crippen LogP contribution in [0.2, 0.25) is 0 Å². The van der Waals surface area contributed by atoms with Gasteiger partial charge in [0.2, 0.25) is 11.8 Å². The van der Waals surface area contributed by atoms with E-state index < -0.39 is 6.04 Å². The van der Waals surface area contributed by atoms with E-state index in [0.717, 1.165) is 19.3 Å². The zero-order valence-electron chi connectivity index (χ0n) is 12.4. The molecular formula is C14H27N3O2. The molecule has 2 amide bonds. The van der Waals surface area contributed by atoms with Gasteiger partial charge < -0.3 is 16.4 Å². The van der Waals surface area contributed by atoms with Crippen LogP contribution in [-0.2, 0) is 9.59 Å². The molecule has 0 aromatic heterocycles. The molecule has 110 valence electrons. The van der Waals surface area contributed by atoms with Gasteiger partial charge in [0.15, 0.2) is 0 Å². The Morgan fingerprint density at radius 2 is 1.79 bits per heavy atom. The molecule has 5 heteroatoms. The smallest absolute Gasteiger partial charge is 0.242 e. The lowest BCUT2D eigenvalue weighted by molar-refractivity contribution is -0.132. The van der Waals surface area contributed by atoms with Gasteiger partial charge in [-0.15, -0.1) is 0 Å². The highest BCUT2D eigenvalue weighted by atomic mass is 16.2. The lowest BCUT2D eigenvalue weighted by Gasteiger charge is -2.32. The first-order valence-corrected chi connectivity index (χ1v) is 7.17. The second-order valence-corrected chi connectivity index (χ2v) is 6.08. The van der Waals surface area contributed by atoms with E-state index in [9.17, 15) is 9.59 Å². The quantitative estimate of drug-likeness (QED) is 0.705. The van der Waals surface area contributed by atoms with Gasteiger partial charge in [0.1, 0.15) is 6.04 Å². The molecule has 0 bridgehead atoms. The SMILES string of the molecule is CC1CCC(N)C(C(=O)NC(C)C(=O)NC(C)C)C1. The molecule has 0 radical (unpaired) electrons. The maximum absolute atomic E-state index is 12.2. The molecule has 0 saturated heterocycles. The van der Waals surface area contributed by atoms with Crippen molar-refractivity contribution in [3.63, 3.8) is 0 Å². The number of nitrogens with one attached hydrogen (secondary N) is 2. The Morgan fingerprint density at radius 3 is 2.37 bits per heavy atom. The van der Waals surface area contributed by atoms with Crippen LogP contribution in [0.25, 0.3) is 0 Å². The summed E-state index contributed by atoms with van der Waals surface area (Å²) in [4.78, 5) is 23.9. The van der Waals surface area contributed by atoms with Crippen LogP contribution in [0, 0.1) is 11.8 Å². The van der Waals surface area contributed by atoms with Gasteiger partial charge in [0, 0.05) is 12.1 Å². The summed E-state index contributed by atoms with van der Waals surface area (Å²) in [6, 6.07) is -0.528. The number of amides is 2. The number of rotatable bonds is 4. The van der Waals surface area contributed by atoms with Crippen LogP contribution in [0.4, 0.5) is 0 Å². The van der Waals surface area contributed by atoms with E-state index in [1.807, 2.05) is 13.8 Å². The number of nitrogens with two attached hydrogens (primary N) is 1. The minimum Gasteiger partial charge on any atom is -0.352 e. The van der Waals surface area contributed by atoms with Crippen molar-refractivity contribution in [2.75, 3.05) is 0 Å². The number of hydrogen-bond donors (Lipinski definition) is 3. The molecule has 4 unspecified atom stereocenters. The summed E-state index contributed by atoms with van der Waals surface area (Å²) < 4.78 is 0. The van der Waals surface area contributed by atoms with Crippen LogP contribution in [-0.4, -0.2) is 29.9 Å². The molecule has 0 aromatic rings. The fourth-order valence-corrected chi connectivity index (χ4v) is 2.50. The van der Waals surface area contributed by atoms with E-state index in [1.54, 1.807) is 6.92 Å². The Bertz CT molecular complexity index is 331. The lowest BCUT2D eigenvalue weighted by Crippen LogP contribution is -2.52. The van der Waals surface area contributed by atoms with Gasteiger partial charge in [-0.05, 0) is 46.0 Å². The molecule has 5 nitrogen and oxygen atoms in total. The van der Waals surface area contributed by atoms with Gasteiger partial charge >= 0.3 is 0 Å². The van der Waals surface area contributed by atoms with Gasteiger partial charge in [0.05, 0.1) is 5.92 Å². The second kappa shape index (κ2) is 6.89. The monoisotopic (exact) mass is 269 g/mol. The Morgan fingerprint density at radius 1 is 1.16 bits per heavy atom. The van der Waals surface area contributed by atoms with E-state index in [0.29, 0.717) is 5.92 Å². The molecule has 19 heavy (non-hydrogen) atoms. The van der Waals surface area contributed by atoms with Crippen molar-refractivity contribution in [3.05, 3.63) is 0 Å². The third-order valence-corrected chi connectivity index (χ3v) is 3.69. The standard InChI is InChI=1S/C14H27N3O2/c1-8(2)16-13(18)10(4)17-14(19)11-7-9(3)5-6-12(11)15/h8-12H,5-7,15H2,1-4H3,(H,16,18)(H,17,19). The molecule has 1 saturated carbocycles. The normalized spacial score (nSPS) is 28.8. The van der Waals surface area contributed by atoms with E-state index in [4.69, 9.17) is 5.73 Å². The predicted octanol–water partition coefficient (Wildman–Crippen LogP) is 0.779. The third kappa shape index (κ3) is 4.82. The van der Waals surface area contributed by atoms with E-state index in [-0.39, 0.29) is 29.8 Å². The summed E-state index contributed by atoms with van der Waals surface area (Å²) in [5.74, 6) is 0.111. The van der Waals surface area contributed by atoms with Gasteiger partial charge in [-0.1, -0.05) is 6.92 Å². The molecule has 1 rings (SSSR count). The Kier molecular flexibility index (Phi) is 5.79. The van der Waals surface area contributed by atoms with Crippen molar-refractivity contribution in [1.82, 2.24) is 10.6 Å². The average molecular weight is 269 g/mol. The first-order chi connectivity index (χ1) is 8.81. The summed E-state index contributed by atoms with van der Waals surface area (Å²) >= 11 is 0. The first-order valence-electron chi connectivity index (χ1n) is 7.17. The summed E-state index contributed by atoms with van der Waals surface area (Å²) in [5.41, 5.74) is 6.01. The fourth-order valence-electron chi connectivity index (χ4n) is 2.50. The lowest BCUT2D eigenvalue weighted by atomic mass is 9.78. The zero-order valence-corrected chi connectivity index (χ0v) is 12.4. The Balaban J connectivity index is 2.51. The van der Waals surface area contributed by atoms with E-state index in [1.165, 1.54) is 0 Å². The molecule has 0 heterocycles.